The number of likely N-dealkylation sites (tertiary alicyclic amines) is 1. The summed E-state index contributed by atoms with van der Waals surface area (Å²) in [5, 5.41) is 13.2. The molecule has 0 radical (unpaired) electrons. The van der Waals surface area contributed by atoms with Gasteiger partial charge < -0.3 is 10.0 Å². The fourth-order valence-corrected chi connectivity index (χ4v) is 3.83. The molecule has 2 rings (SSSR count). The molecule has 0 saturated carbocycles. The fourth-order valence-electron chi connectivity index (χ4n) is 2.97. The van der Waals surface area contributed by atoms with Crippen molar-refractivity contribution in [2.75, 3.05) is 39.5 Å². The van der Waals surface area contributed by atoms with Crippen LogP contribution in [-0.4, -0.2) is 78.0 Å². The average molecular weight is 358 g/mol. The van der Waals surface area contributed by atoms with Crippen molar-refractivity contribution < 1.29 is 18.3 Å². The fraction of sp³-hybridized carbons (Fsp3) is 0.733. The number of carboxylic acid groups (broad SMARTS) is 1. The third-order valence-electron chi connectivity index (χ3n) is 4.32. The molecule has 1 atom stereocenters. The Morgan fingerprint density at radius 3 is 2.88 bits per heavy atom. The van der Waals surface area contributed by atoms with Gasteiger partial charge in [0.05, 0.1) is 11.4 Å². The number of aliphatic carboxylic acids is 1. The quantitative estimate of drug-likeness (QED) is 0.724. The van der Waals surface area contributed by atoms with Gasteiger partial charge >= 0.3 is 5.97 Å². The van der Waals surface area contributed by atoms with Gasteiger partial charge in [0.2, 0.25) is 10.0 Å². The van der Waals surface area contributed by atoms with E-state index in [4.69, 9.17) is 5.11 Å². The summed E-state index contributed by atoms with van der Waals surface area (Å²) in [6, 6.07) is 1.88. The molecule has 9 heteroatoms. The van der Waals surface area contributed by atoms with E-state index in [0.29, 0.717) is 6.42 Å². The van der Waals surface area contributed by atoms with Crippen LogP contribution < -0.4 is 0 Å². The SMILES string of the molecule is CN(C)S(=O)(=O)CCCN1CCCC(c2ccn(CC(=O)O)n2)C1. The number of carbonyl (C=O) groups is 1. The van der Waals surface area contributed by atoms with Crippen LogP contribution in [0.3, 0.4) is 0 Å². The van der Waals surface area contributed by atoms with Gasteiger partial charge in [0.1, 0.15) is 6.54 Å². The van der Waals surface area contributed by atoms with Crippen molar-refractivity contribution in [3.63, 3.8) is 0 Å². The summed E-state index contributed by atoms with van der Waals surface area (Å²) in [5.74, 6) is -0.467. The Balaban J connectivity index is 1.85. The molecule has 1 N–H and O–H groups in total. The number of hydrogen-bond acceptors (Lipinski definition) is 5. The Morgan fingerprint density at radius 2 is 2.21 bits per heavy atom. The van der Waals surface area contributed by atoms with E-state index < -0.39 is 16.0 Å². The predicted molar refractivity (Wildman–Crippen MR) is 90.4 cm³/mol. The average Bonchev–Trinajstić information content (AvgIpc) is 2.95. The summed E-state index contributed by atoms with van der Waals surface area (Å²) in [6.45, 7) is 2.43. The number of sulfonamides is 1. The normalized spacial score (nSPS) is 19.7. The second kappa shape index (κ2) is 8.09. The van der Waals surface area contributed by atoms with E-state index in [9.17, 15) is 13.2 Å². The minimum absolute atomic E-state index is 0.126. The Labute approximate surface area is 143 Å². The van der Waals surface area contributed by atoms with E-state index in [1.807, 2.05) is 6.07 Å². The molecule has 2 heterocycles. The van der Waals surface area contributed by atoms with Crippen LogP contribution in [0.2, 0.25) is 0 Å². The second-order valence-electron chi connectivity index (χ2n) is 6.42. The first kappa shape index (κ1) is 18.9. The van der Waals surface area contributed by atoms with Crippen LogP contribution in [0, 0.1) is 0 Å². The van der Waals surface area contributed by atoms with E-state index in [0.717, 1.165) is 38.2 Å². The lowest BCUT2D eigenvalue weighted by molar-refractivity contribution is -0.137. The van der Waals surface area contributed by atoms with E-state index in [2.05, 4.69) is 10.00 Å². The maximum Gasteiger partial charge on any atom is 0.325 e. The number of aromatic nitrogens is 2. The lowest BCUT2D eigenvalue weighted by Gasteiger charge is -2.32. The van der Waals surface area contributed by atoms with Gasteiger partial charge in [0.25, 0.3) is 0 Å². The molecule has 1 aliphatic heterocycles. The molecule has 0 spiro atoms. The third-order valence-corrected chi connectivity index (χ3v) is 6.23. The number of carboxylic acids is 1. The maximum absolute atomic E-state index is 11.8. The molecule has 1 aliphatic rings. The summed E-state index contributed by atoms with van der Waals surface area (Å²) in [5.41, 5.74) is 0.918. The van der Waals surface area contributed by atoms with E-state index in [1.54, 1.807) is 20.3 Å². The monoisotopic (exact) mass is 358 g/mol. The van der Waals surface area contributed by atoms with Gasteiger partial charge in [0, 0.05) is 32.8 Å². The zero-order chi connectivity index (χ0) is 17.7. The summed E-state index contributed by atoms with van der Waals surface area (Å²) in [6.07, 6.45) is 4.38. The molecule has 1 fully saturated rings. The zero-order valence-electron chi connectivity index (χ0n) is 14.3. The van der Waals surface area contributed by atoms with Crippen molar-refractivity contribution in [3.8, 4) is 0 Å². The number of nitrogens with zero attached hydrogens (tertiary/aromatic N) is 4. The summed E-state index contributed by atoms with van der Waals surface area (Å²) >= 11 is 0. The van der Waals surface area contributed by atoms with Gasteiger partial charge in [-0.25, -0.2) is 12.7 Å². The Morgan fingerprint density at radius 1 is 1.46 bits per heavy atom. The van der Waals surface area contributed by atoms with Crippen LogP contribution in [0.25, 0.3) is 0 Å². The molecule has 0 amide bonds. The molecule has 8 nitrogen and oxygen atoms in total. The largest absolute Gasteiger partial charge is 0.480 e. The van der Waals surface area contributed by atoms with E-state index >= 15 is 0 Å². The van der Waals surface area contributed by atoms with Crippen LogP contribution in [-0.2, 0) is 21.4 Å². The Bertz CT molecular complexity index is 656. The second-order valence-corrected chi connectivity index (χ2v) is 8.73. The third kappa shape index (κ3) is 5.29. The molecule has 136 valence electrons. The molecular formula is C15H26N4O4S. The Hall–Kier alpha value is -1.45. The number of rotatable bonds is 8. The van der Waals surface area contributed by atoms with E-state index in [1.165, 1.54) is 8.99 Å². The van der Waals surface area contributed by atoms with Crippen molar-refractivity contribution >= 4 is 16.0 Å². The number of piperidine rings is 1. The van der Waals surface area contributed by atoms with Crippen molar-refractivity contribution in [1.82, 2.24) is 19.0 Å². The highest BCUT2D eigenvalue weighted by Gasteiger charge is 2.23. The summed E-state index contributed by atoms with van der Waals surface area (Å²) < 4.78 is 26.3. The van der Waals surface area contributed by atoms with Crippen molar-refractivity contribution in [2.45, 2.75) is 31.7 Å². The highest BCUT2D eigenvalue weighted by Crippen LogP contribution is 2.25. The topological polar surface area (TPSA) is 95.7 Å². The van der Waals surface area contributed by atoms with E-state index in [-0.39, 0.29) is 18.2 Å². The van der Waals surface area contributed by atoms with Crippen LogP contribution in [0.15, 0.2) is 12.3 Å². The first-order valence-corrected chi connectivity index (χ1v) is 9.76. The highest BCUT2D eigenvalue weighted by atomic mass is 32.2. The molecule has 0 bridgehead atoms. The van der Waals surface area contributed by atoms with Crippen LogP contribution >= 0.6 is 0 Å². The van der Waals surface area contributed by atoms with Crippen molar-refractivity contribution in [1.29, 1.82) is 0 Å². The number of hydrogen-bond donors (Lipinski definition) is 1. The van der Waals surface area contributed by atoms with Crippen molar-refractivity contribution in [2.24, 2.45) is 0 Å². The van der Waals surface area contributed by atoms with Gasteiger partial charge in [-0.1, -0.05) is 0 Å². The smallest absolute Gasteiger partial charge is 0.325 e. The molecule has 24 heavy (non-hydrogen) atoms. The molecule has 1 aromatic heterocycles. The minimum Gasteiger partial charge on any atom is -0.480 e. The van der Waals surface area contributed by atoms with Crippen LogP contribution in [0.4, 0.5) is 0 Å². The standard InChI is InChI=1S/C15H26N4O4S/c1-17(2)24(22,23)10-4-8-18-7-3-5-13(11-18)14-6-9-19(16-14)12-15(20)21/h6,9,13H,3-5,7-8,10-12H2,1-2H3,(H,20,21). The zero-order valence-corrected chi connectivity index (χ0v) is 15.1. The first-order valence-electron chi connectivity index (χ1n) is 8.15. The van der Waals surface area contributed by atoms with Crippen LogP contribution in [0.5, 0.6) is 0 Å². The highest BCUT2D eigenvalue weighted by molar-refractivity contribution is 7.89. The minimum atomic E-state index is -3.14. The van der Waals surface area contributed by atoms with Gasteiger partial charge in [0.15, 0.2) is 0 Å². The molecule has 1 unspecified atom stereocenters. The lowest BCUT2D eigenvalue weighted by Crippen LogP contribution is -2.36. The maximum atomic E-state index is 11.8. The molecular weight excluding hydrogens is 332 g/mol. The molecule has 0 aliphatic carbocycles. The lowest BCUT2D eigenvalue weighted by atomic mass is 9.95. The molecule has 1 aromatic rings. The molecule has 0 aromatic carbocycles. The summed E-state index contributed by atoms with van der Waals surface area (Å²) in [7, 11) is -0.0270. The summed E-state index contributed by atoms with van der Waals surface area (Å²) in [4.78, 5) is 13.0. The van der Waals surface area contributed by atoms with Gasteiger partial charge in [-0.2, -0.15) is 5.10 Å². The van der Waals surface area contributed by atoms with Crippen molar-refractivity contribution in [3.05, 3.63) is 18.0 Å². The predicted octanol–water partition coefficient (Wildman–Crippen LogP) is 0.429. The first-order chi connectivity index (χ1) is 11.3. The molecule has 1 saturated heterocycles. The van der Waals surface area contributed by atoms with Crippen LogP contribution in [0.1, 0.15) is 30.9 Å². The van der Waals surface area contributed by atoms with Gasteiger partial charge in [-0.3, -0.25) is 9.48 Å². The van der Waals surface area contributed by atoms with Gasteiger partial charge in [-0.15, -0.1) is 0 Å². The van der Waals surface area contributed by atoms with Gasteiger partial charge in [-0.05, 0) is 38.4 Å². The Kier molecular flexibility index (Phi) is 6.36.